The molecular weight excluding hydrogens is 216 g/mol. The maximum Gasteiger partial charge on any atom is 0.252 e. The molecule has 0 radical (unpaired) electrons. The number of H-pyrrole nitrogens is 1. The minimum absolute atomic E-state index is 0.156. The number of hydrazone groups is 1. The summed E-state index contributed by atoms with van der Waals surface area (Å²) < 4.78 is 0. The maximum absolute atomic E-state index is 11.2. The van der Waals surface area contributed by atoms with E-state index in [9.17, 15) is 4.79 Å². The van der Waals surface area contributed by atoms with Crippen molar-refractivity contribution in [2.45, 2.75) is 39.5 Å². The molecule has 0 amide bonds. The zero-order chi connectivity index (χ0) is 12.3. The second kappa shape index (κ2) is 5.12. The van der Waals surface area contributed by atoms with E-state index in [4.69, 9.17) is 0 Å². The number of hydrogen-bond acceptors (Lipinski definition) is 4. The molecule has 0 aromatic carbocycles. The topological polar surface area (TPSA) is 70.1 Å². The van der Waals surface area contributed by atoms with Crippen LogP contribution in [0.2, 0.25) is 0 Å². The number of nitrogens with one attached hydrogen (secondary N) is 2. The summed E-state index contributed by atoms with van der Waals surface area (Å²) in [6, 6.07) is 1.46. The molecule has 0 unspecified atom stereocenters. The molecule has 92 valence electrons. The Kier molecular flexibility index (Phi) is 3.56. The fourth-order valence-corrected chi connectivity index (χ4v) is 2.09. The Morgan fingerprint density at radius 1 is 1.53 bits per heavy atom. The first-order valence-electron chi connectivity index (χ1n) is 6.05. The standard InChI is InChI=1S/C12H18N4O/c1-8-5-3-4-6-10(8)15-16-12-13-9(2)7-11(17)14-12/h7-8H,3-6H2,1-2H3,(H2,13,14,16,17)/t8-/m0/s1. The van der Waals surface area contributed by atoms with Gasteiger partial charge in [0.2, 0.25) is 5.95 Å². The lowest BCUT2D eigenvalue weighted by atomic mass is 9.89. The van der Waals surface area contributed by atoms with Crippen LogP contribution in [0.5, 0.6) is 0 Å². The van der Waals surface area contributed by atoms with E-state index in [0.717, 1.165) is 6.42 Å². The van der Waals surface area contributed by atoms with Gasteiger partial charge < -0.3 is 0 Å². The van der Waals surface area contributed by atoms with Crippen molar-refractivity contribution < 1.29 is 0 Å². The third kappa shape index (κ3) is 3.15. The van der Waals surface area contributed by atoms with Crippen LogP contribution in [-0.2, 0) is 0 Å². The van der Waals surface area contributed by atoms with E-state index in [-0.39, 0.29) is 5.56 Å². The molecule has 1 fully saturated rings. The maximum atomic E-state index is 11.2. The van der Waals surface area contributed by atoms with Gasteiger partial charge in [-0.15, -0.1) is 0 Å². The molecule has 5 nitrogen and oxygen atoms in total. The molecule has 0 bridgehead atoms. The lowest BCUT2D eigenvalue weighted by molar-refractivity contribution is 0.558. The summed E-state index contributed by atoms with van der Waals surface area (Å²) in [7, 11) is 0. The van der Waals surface area contributed by atoms with E-state index in [0.29, 0.717) is 17.6 Å². The number of anilines is 1. The highest BCUT2D eigenvalue weighted by Gasteiger charge is 2.15. The first-order chi connectivity index (χ1) is 8.15. The van der Waals surface area contributed by atoms with Crippen LogP contribution < -0.4 is 11.0 Å². The molecule has 2 rings (SSSR count). The smallest absolute Gasteiger partial charge is 0.252 e. The average Bonchev–Trinajstić information content (AvgIpc) is 2.27. The Hall–Kier alpha value is -1.65. The van der Waals surface area contributed by atoms with Crippen LogP contribution in [0, 0.1) is 12.8 Å². The Balaban J connectivity index is 2.10. The van der Waals surface area contributed by atoms with Crippen LogP contribution in [0.15, 0.2) is 16.0 Å². The quantitative estimate of drug-likeness (QED) is 0.769. The van der Waals surface area contributed by atoms with E-state index in [1.807, 2.05) is 0 Å². The minimum atomic E-state index is -0.156. The second-order valence-corrected chi connectivity index (χ2v) is 4.60. The molecule has 5 heteroatoms. The number of aromatic nitrogens is 2. The van der Waals surface area contributed by atoms with Crippen molar-refractivity contribution in [3.63, 3.8) is 0 Å². The fraction of sp³-hybridized carbons (Fsp3) is 0.583. The van der Waals surface area contributed by atoms with E-state index in [1.165, 1.54) is 31.0 Å². The van der Waals surface area contributed by atoms with E-state index >= 15 is 0 Å². The summed E-state index contributed by atoms with van der Waals surface area (Å²) in [5.74, 6) is 0.938. The molecule has 1 heterocycles. The Morgan fingerprint density at radius 3 is 3.06 bits per heavy atom. The summed E-state index contributed by atoms with van der Waals surface area (Å²) >= 11 is 0. The summed E-state index contributed by atoms with van der Waals surface area (Å²) in [5.41, 5.74) is 4.55. The Labute approximate surface area is 100 Å². The lowest BCUT2D eigenvalue weighted by Gasteiger charge is -2.19. The van der Waals surface area contributed by atoms with Gasteiger partial charge in [0.1, 0.15) is 0 Å². The molecule has 2 N–H and O–H groups in total. The number of nitrogens with zero attached hydrogens (tertiary/aromatic N) is 2. The molecule has 1 aliphatic carbocycles. The van der Waals surface area contributed by atoms with Crippen molar-refractivity contribution in [2.75, 3.05) is 5.43 Å². The molecular formula is C12H18N4O. The van der Waals surface area contributed by atoms with Gasteiger partial charge in [0.15, 0.2) is 0 Å². The van der Waals surface area contributed by atoms with Gasteiger partial charge in [0.25, 0.3) is 5.56 Å². The summed E-state index contributed by atoms with van der Waals surface area (Å²) in [4.78, 5) is 18.0. The third-order valence-electron chi connectivity index (χ3n) is 3.06. The number of aryl methyl sites for hydroxylation is 1. The van der Waals surface area contributed by atoms with E-state index < -0.39 is 0 Å². The van der Waals surface area contributed by atoms with Gasteiger partial charge in [0.05, 0.1) is 0 Å². The highest BCUT2D eigenvalue weighted by atomic mass is 16.1. The van der Waals surface area contributed by atoms with Crippen molar-refractivity contribution >= 4 is 11.7 Å². The molecule has 1 aromatic heterocycles. The van der Waals surface area contributed by atoms with Crippen LogP contribution >= 0.6 is 0 Å². The summed E-state index contributed by atoms with van der Waals surface area (Å²) in [6.07, 6.45) is 4.70. The van der Waals surface area contributed by atoms with Crippen LogP contribution in [0.4, 0.5) is 5.95 Å². The molecule has 17 heavy (non-hydrogen) atoms. The zero-order valence-electron chi connectivity index (χ0n) is 10.3. The van der Waals surface area contributed by atoms with Gasteiger partial charge in [-0.2, -0.15) is 5.10 Å². The van der Waals surface area contributed by atoms with Gasteiger partial charge in [-0.1, -0.05) is 13.3 Å². The molecule has 1 aromatic rings. The van der Waals surface area contributed by atoms with E-state index in [1.54, 1.807) is 6.92 Å². The Morgan fingerprint density at radius 2 is 2.35 bits per heavy atom. The summed E-state index contributed by atoms with van der Waals surface area (Å²) in [5, 5.41) is 4.35. The van der Waals surface area contributed by atoms with Crippen molar-refractivity contribution in [1.82, 2.24) is 9.97 Å². The predicted molar refractivity (Wildman–Crippen MR) is 68.3 cm³/mol. The highest BCUT2D eigenvalue weighted by Crippen LogP contribution is 2.21. The average molecular weight is 234 g/mol. The van der Waals surface area contributed by atoms with E-state index in [2.05, 4.69) is 27.4 Å². The summed E-state index contributed by atoms with van der Waals surface area (Å²) in [6.45, 7) is 3.98. The zero-order valence-corrected chi connectivity index (χ0v) is 10.3. The number of rotatable bonds is 2. The Bertz CT molecular complexity index is 478. The molecule has 0 aliphatic heterocycles. The van der Waals surface area contributed by atoms with Gasteiger partial charge in [0, 0.05) is 17.5 Å². The van der Waals surface area contributed by atoms with Gasteiger partial charge in [-0.3, -0.25) is 9.78 Å². The highest BCUT2D eigenvalue weighted by molar-refractivity contribution is 5.87. The molecule has 0 saturated heterocycles. The first-order valence-corrected chi connectivity index (χ1v) is 6.05. The van der Waals surface area contributed by atoms with Gasteiger partial charge >= 0.3 is 0 Å². The van der Waals surface area contributed by atoms with Crippen LogP contribution in [0.25, 0.3) is 0 Å². The molecule has 0 spiro atoms. The van der Waals surface area contributed by atoms with Crippen LogP contribution in [-0.4, -0.2) is 15.7 Å². The predicted octanol–water partition coefficient (Wildman–Crippen LogP) is 2.06. The normalized spacial score (nSPS) is 22.7. The molecule has 1 saturated carbocycles. The monoisotopic (exact) mass is 234 g/mol. The largest absolute Gasteiger partial charge is 0.291 e. The van der Waals surface area contributed by atoms with Gasteiger partial charge in [-0.05, 0) is 32.1 Å². The fourth-order valence-electron chi connectivity index (χ4n) is 2.09. The van der Waals surface area contributed by atoms with Crippen molar-refractivity contribution in [2.24, 2.45) is 11.0 Å². The number of hydrogen-bond donors (Lipinski definition) is 2. The van der Waals surface area contributed by atoms with Gasteiger partial charge in [-0.25, -0.2) is 10.4 Å². The molecule has 1 atom stereocenters. The lowest BCUT2D eigenvalue weighted by Crippen LogP contribution is -2.18. The first kappa shape index (κ1) is 11.8. The second-order valence-electron chi connectivity index (χ2n) is 4.60. The van der Waals surface area contributed by atoms with Crippen LogP contribution in [0.3, 0.4) is 0 Å². The SMILES string of the molecule is Cc1cc(=O)[nH]c(NN=C2CCCC[C@@H]2C)n1. The van der Waals surface area contributed by atoms with Crippen LogP contribution in [0.1, 0.15) is 38.3 Å². The third-order valence-corrected chi connectivity index (χ3v) is 3.06. The number of aromatic amines is 1. The molecule has 1 aliphatic rings. The minimum Gasteiger partial charge on any atom is -0.291 e. The van der Waals surface area contributed by atoms with Crippen molar-refractivity contribution in [1.29, 1.82) is 0 Å². The van der Waals surface area contributed by atoms with Crippen molar-refractivity contribution in [3.05, 3.63) is 22.1 Å². The van der Waals surface area contributed by atoms with Crippen molar-refractivity contribution in [3.8, 4) is 0 Å².